The van der Waals surface area contributed by atoms with Crippen molar-refractivity contribution in [1.29, 1.82) is 0 Å². The third kappa shape index (κ3) is 7.00. The molecule has 0 amide bonds. The number of fused-ring (bicyclic) bond motifs is 7. The van der Waals surface area contributed by atoms with Gasteiger partial charge in [0, 0.05) is 50.8 Å². The molecule has 364 valence electrons. The summed E-state index contributed by atoms with van der Waals surface area (Å²) in [6.45, 7) is 18.7. The van der Waals surface area contributed by atoms with Crippen molar-refractivity contribution in [3.8, 4) is 22.3 Å². The predicted octanol–water partition coefficient (Wildman–Crippen LogP) is 16.8. The monoisotopic (exact) mass is 960 g/mol. The first-order valence-corrected chi connectivity index (χ1v) is 27.1. The average Bonchev–Trinajstić information content (AvgIpc) is 3.66. The topological polar surface area (TPSA) is 9.72 Å². The van der Waals surface area contributed by atoms with Crippen LogP contribution in [0.15, 0.2) is 206 Å². The second-order valence-corrected chi connectivity index (χ2v) is 24.0. The van der Waals surface area contributed by atoms with E-state index in [0.29, 0.717) is 0 Å². The van der Waals surface area contributed by atoms with Crippen LogP contribution < -0.4 is 31.1 Å². The molecule has 3 heterocycles. The molecule has 2 unspecified atom stereocenters. The Morgan fingerprint density at radius 1 is 0.432 bits per heavy atom. The summed E-state index contributed by atoms with van der Waals surface area (Å²) in [5.74, 6) is 0. The number of benzene rings is 9. The second-order valence-electron chi connectivity index (χ2n) is 24.0. The highest BCUT2D eigenvalue weighted by atomic mass is 15.3. The number of hydrogen-bond acceptors (Lipinski definition) is 3. The quantitative estimate of drug-likeness (QED) is 0.154. The Morgan fingerprint density at radius 2 is 1.00 bits per heavy atom. The molecule has 2 atom stereocenters. The average molecular weight is 960 g/mol. The summed E-state index contributed by atoms with van der Waals surface area (Å²) in [7, 11) is 0. The standard InChI is InChI=1S/C70H66BN3/c1-47-42-64-66-65(43-47)73(60-39-33-53(68(5,6)7)45-56(60)49-24-14-10-15-25-49)62-44-50(48-22-12-9-13-23-48)30-37-58(62)71(66)59-38-36-55(46-63(59)72(64)54-34-31-51(32-35-54)67(2,3)4)74-61-29-19-18-28-57(61)70(52-26-16-11-17-27-52)41-21-20-40-69(70,74)8/h9-19,22-39,42-46H,20-21,40-41H2,1-8H3. The zero-order valence-corrected chi connectivity index (χ0v) is 44.4. The summed E-state index contributed by atoms with van der Waals surface area (Å²) < 4.78 is 0. The number of aryl methyl sites for hydroxylation is 1. The van der Waals surface area contributed by atoms with Gasteiger partial charge in [0.1, 0.15) is 0 Å². The SMILES string of the molecule is Cc1cc2c3c(c1)N(c1ccc(C(C)(C)C)cc1-c1ccccc1)c1cc(-c4ccccc4)ccc1B3c1ccc(N3c4ccccc4C4(c5ccccc5)CCCCC34C)cc1N2c1ccc(C(C)(C)C)cc1. The molecular weight excluding hydrogens is 894 g/mol. The van der Waals surface area contributed by atoms with Crippen molar-refractivity contribution in [3.05, 3.63) is 234 Å². The lowest BCUT2D eigenvalue weighted by Gasteiger charge is -2.52. The van der Waals surface area contributed by atoms with E-state index < -0.39 is 0 Å². The van der Waals surface area contributed by atoms with E-state index >= 15 is 0 Å². The van der Waals surface area contributed by atoms with E-state index in [9.17, 15) is 0 Å². The fourth-order valence-electron chi connectivity index (χ4n) is 13.9. The van der Waals surface area contributed by atoms with Crippen molar-refractivity contribution in [1.82, 2.24) is 0 Å². The summed E-state index contributed by atoms with van der Waals surface area (Å²) in [5, 5.41) is 0. The first-order valence-electron chi connectivity index (χ1n) is 27.1. The van der Waals surface area contributed by atoms with Gasteiger partial charge in [-0.2, -0.15) is 0 Å². The molecule has 9 aromatic carbocycles. The number of anilines is 8. The van der Waals surface area contributed by atoms with Gasteiger partial charge in [-0.15, -0.1) is 0 Å². The molecule has 0 radical (unpaired) electrons. The van der Waals surface area contributed by atoms with Crippen LogP contribution in [-0.4, -0.2) is 12.3 Å². The Kier molecular flexibility index (Phi) is 10.6. The van der Waals surface area contributed by atoms with Gasteiger partial charge in [-0.05, 0) is 159 Å². The highest BCUT2D eigenvalue weighted by Gasteiger charge is 2.61. The lowest BCUT2D eigenvalue weighted by Crippen LogP contribution is -2.61. The molecule has 74 heavy (non-hydrogen) atoms. The first kappa shape index (κ1) is 46.2. The molecule has 9 aromatic rings. The zero-order valence-electron chi connectivity index (χ0n) is 44.4. The van der Waals surface area contributed by atoms with Crippen LogP contribution in [0.1, 0.15) is 102 Å². The van der Waals surface area contributed by atoms with Crippen molar-refractivity contribution in [2.75, 3.05) is 14.7 Å². The zero-order chi connectivity index (χ0) is 50.7. The van der Waals surface area contributed by atoms with Gasteiger partial charge in [0.05, 0.1) is 11.2 Å². The summed E-state index contributed by atoms with van der Waals surface area (Å²) in [5.41, 5.74) is 25.1. The third-order valence-electron chi connectivity index (χ3n) is 17.5. The van der Waals surface area contributed by atoms with Crippen molar-refractivity contribution >= 4 is 68.6 Å². The van der Waals surface area contributed by atoms with Crippen molar-refractivity contribution in [2.45, 2.75) is 103 Å². The Bertz CT molecular complexity index is 3630. The number of para-hydroxylation sites is 1. The number of nitrogens with zero attached hydrogens (tertiary/aromatic N) is 3. The maximum atomic E-state index is 2.77. The normalized spacial score (nSPS) is 18.6. The summed E-state index contributed by atoms with van der Waals surface area (Å²) in [6, 6.07) is 79.2. The molecular formula is C70H66BN3. The van der Waals surface area contributed by atoms with Crippen molar-refractivity contribution in [2.24, 2.45) is 0 Å². The maximum absolute atomic E-state index is 2.77. The highest BCUT2D eigenvalue weighted by Crippen LogP contribution is 2.64. The van der Waals surface area contributed by atoms with E-state index in [1.807, 2.05) is 0 Å². The van der Waals surface area contributed by atoms with E-state index in [1.54, 1.807) is 0 Å². The molecule has 0 spiro atoms. The number of rotatable bonds is 6. The third-order valence-corrected chi connectivity index (χ3v) is 17.5. The van der Waals surface area contributed by atoms with Crippen LogP contribution in [-0.2, 0) is 16.2 Å². The van der Waals surface area contributed by atoms with E-state index in [0.717, 1.165) is 12.8 Å². The summed E-state index contributed by atoms with van der Waals surface area (Å²) in [4.78, 5) is 8.00. The van der Waals surface area contributed by atoms with Gasteiger partial charge in [0.15, 0.2) is 0 Å². The lowest BCUT2D eigenvalue weighted by molar-refractivity contribution is 0.215. The van der Waals surface area contributed by atoms with Crippen LogP contribution in [0.3, 0.4) is 0 Å². The Hall–Kier alpha value is -7.56. The molecule has 3 nitrogen and oxygen atoms in total. The van der Waals surface area contributed by atoms with Gasteiger partial charge in [-0.25, -0.2) is 0 Å². The molecule has 1 fully saturated rings. The lowest BCUT2D eigenvalue weighted by atomic mass is 9.33. The Balaban J connectivity index is 1.09. The number of hydrogen-bond donors (Lipinski definition) is 0. The molecule has 13 rings (SSSR count). The van der Waals surface area contributed by atoms with Gasteiger partial charge in [-0.3, -0.25) is 0 Å². The Labute approximate surface area is 440 Å². The van der Waals surface area contributed by atoms with E-state index in [2.05, 4.69) is 276 Å². The molecule has 0 N–H and O–H groups in total. The van der Waals surface area contributed by atoms with Crippen molar-refractivity contribution in [3.63, 3.8) is 0 Å². The molecule has 4 aliphatic rings. The summed E-state index contributed by atoms with van der Waals surface area (Å²) >= 11 is 0. The minimum Gasteiger partial charge on any atom is -0.334 e. The minimum absolute atomic E-state index is 0.0186. The largest absolute Gasteiger partial charge is 0.334 e. The van der Waals surface area contributed by atoms with Crippen LogP contribution in [0, 0.1) is 6.92 Å². The molecule has 0 aromatic heterocycles. The van der Waals surface area contributed by atoms with E-state index in [1.165, 1.54) is 125 Å². The molecule has 0 bridgehead atoms. The van der Waals surface area contributed by atoms with Crippen LogP contribution in [0.2, 0.25) is 0 Å². The van der Waals surface area contributed by atoms with E-state index in [4.69, 9.17) is 0 Å². The second kappa shape index (κ2) is 17.0. The summed E-state index contributed by atoms with van der Waals surface area (Å²) in [6.07, 6.45) is 4.64. The van der Waals surface area contributed by atoms with Gasteiger partial charge in [-0.1, -0.05) is 200 Å². The maximum Gasteiger partial charge on any atom is 0.252 e. The Morgan fingerprint density at radius 3 is 1.69 bits per heavy atom. The molecule has 1 aliphatic carbocycles. The first-order chi connectivity index (χ1) is 35.7. The van der Waals surface area contributed by atoms with Crippen LogP contribution >= 0.6 is 0 Å². The van der Waals surface area contributed by atoms with Crippen LogP contribution in [0.25, 0.3) is 22.3 Å². The fraction of sp³-hybridized carbons (Fsp3) is 0.229. The van der Waals surface area contributed by atoms with Gasteiger partial charge >= 0.3 is 0 Å². The van der Waals surface area contributed by atoms with Gasteiger partial charge in [0.25, 0.3) is 6.71 Å². The van der Waals surface area contributed by atoms with Crippen LogP contribution in [0.4, 0.5) is 45.5 Å². The molecule has 1 saturated carbocycles. The van der Waals surface area contributed by atoms with E-state index in [-0.39, 0.29) is 28.5 Å². The minimum atomic E-state index is -0.190. The fourth-order valence-corrected chi connectivity index (χ4v) is 13.9. The van der Waals surface area contributed by atoms with Crippen molar-refractivity contribution < 1.29 is 0 Å². The molecule has 4 heteroatoms. The predicted molar refractivity (Wildman–Crippen MR) is 316 cm³/mol. The van der Waals surface area contributed by atoms with Gasteiger partial charge in [0.2, 0.25) is 0 Å². The molecule has 0 saturated heterocycles. The highest BCUT2D eigenvalue weighted by molar-refractivity contribution is 7.00. The van der Waals surface area contributed by atoms with Crippen LogP contribution in [0.5, 0.6) is 0 Å². The van der Waals surface area contributed by atoms with Gasteiger partial charge < -0.3 is 14.7 Å². The molecule has 3 aliphatic heterocycles. The smallest absolute Gasteiger partial charge is 0.252 e.